The molecule has 0 saturated carbocycles. The van der Waals surface area contributed by atoms with E-state index < -0.39 is 5.41 Å². The number of pyridine rings is 1. The molecule has 27 heavy (non-hydrogen) atoms. The van der Waals surface area contributed by atoms with Gasteiger partial charge in [-0.2, -0.15) is 5.26 Å². The quantitative estimate of drug-likeness (QED) is 0.751. The van der Waals surface area contributed by atoms with Crippen LogP contribution < -0.4 is 5.56 Å². The van der Waals surface area contributed by atoms with Crippen LogP contribution in [-0.4, -0.2) is 15.0 Å². The van der Waals surface area contributed by atoms with Crippen molar-refractivity contribution >= 4 is 10.9 Å². The molecule has 0 aliphatic heterocycles. The normalized spacial score (nSPS) is 13.3. The molecule has 5 nitrogen and oxygen atoms in total. The first-order valence-corrected chi connectivity index (χ1v) is 9.29. The maximum atomic E-state index is 12.2. The smallest absolute Gasteiger partial charge is 0.251 e. The Balaban J connectivity index is 2.05. The second-order valence-electron chi connectivity index (χ2n) is 7.17. The van der Waals surface area contributed by atoms with Gasteiger partial charge in [0.25, 0.3) is 5.56 Å². The molecule has 0 bridgehead atoms. The molecule has 3 aromatic rings. The Labute approximate surface area is 159 Å². The van der Waals surface area contributed by atoms with Gasteiger partial charge in [-0.25, -0.2) is 9.97 Å². The maximum absolute atomic E-state index is 12.2. The van der Waals surface area contributed by atoms with Crippen molar-refractivity contribution in [3.63, 3.8) is 0 Å². The summed E-state index contributed by atoms with van der Waals surface area (Å²) in [5.41, 5.74) is 3.39. The average molecular weight is 360 g/mol. The van der Waals surface area contributed by atoms with E-state index in [1.807, 2.05) is 51.1 Å². The largest absolute Gasteiger partial charge is 0.322 e. The number of rotatable bonds is 5. The number of benzene rings is 1. The molecule has 0 fully saturated rings. The van der Waals surface area contributed by atoms with Gasteiger partial charge in [0.15, 0.2) is 0 Å². The van der Waals surface area contributed by atoms with E-state index in [9.17, 15) is 10.1 Å². The molecule has 2 aromatic heterocycles. The van der Waals surface area contributed by atoms with Gasteiger partial charge in [0, 0.05) is 28.9 Å². The fourth-order valence-electron chi connectivity index (χ4n) is 3.33. The number of hydrogen-bond donors (Lipinski definition) is 1. The molecule has 1 atom stereocenters. The lowest BCUT2D eigenvalue weighted by molar-refractivity contribution is 0.581. The minimum atomic E-state index is -0.784. The van der Waals surface area contributed by atoms with Crippen LogP contribution in [-0.2, 0) is 24.7 Å². The van der Waals surface area contributed by atoms with Gasteiger partial charge >= 0.3 is 0 Å². The summed E-state index contributed by atoms with van der Waals surface area (Å²) in [7, 11) is 0. The molecule has 0 spiro atoms. The zero-order valence-electron chi connectivity index (χ0n) is 16.3. The van der Waals surface area contributed by atoms with Gasteiger partial charge in [-0.3, -0.25) is 4.79 Å². The topological polar surface area (TPSA) is 82.4 Å². The fraction of sp³-hybridized carbons (Fsp3) is 0.364. The lowest BCUT2D eigenvalue weighted by atomic mass is 9.80. The van der Waals surface area contributed by atoms with Crippen LogP contribution in [0.25, 0.3) is 10.9 Å². The molecule has 138 valence electrons. The second-order valence-corrected chi connectivity index (χ2v) is 7.17. The molecule has 3 rings (SSSR count). The second kappa shape index (κ2) is 7.32. The number of aromatic amines is 1. The van der Waals surface area contributed by atoms with Crippen molar-refractivity contribution in [2.75, 3.05) is 0 Å². The Bertz CT molecular complexity index is 1090. The molecule has 0 amide bonds. The van der Waals surface area contributed by atoms with Crippen molar-refractivity contribution in [1.29, 1.82) is 5.26 Å². The summed E-state index contributed by atoms with van der Waals surface area (Å²) < 4.78 is 0. The molecule has 1 N–H and O–H groups in total. The predicted molar refractivity (Wildman–Crippen MR) is 107 cm³/mol. The fourth-order valence-corrected chi connectivity index (χ4v) is 3.33. The molecule has 2 heterocycles. The van der Waals surface area contributed by atoms with Crippen LogP contribution in [0.3, 0.4) is 0 Å². The third-order valence-corrected chi connectivity index (χ3v) is 5.02. The highest BCUT2D eigenvalue weighted by atomic mass is 16.1. The molecule has 1 aromatic carbocycles. The van der Waals surface area contributed by atoms with E-state index in [1.54, 1.807) is 0 Å². The molecule has 0 aliphatic carbocycles. The van der Waals surface area contributed by atoms with Crippen LogP contribution in [0.5, 0.6) is 0 Å². The molecular weight excluding hydrogens is 336 g/mol. The average Bonchev–Trinajstić information content (AvgIpc) is 2.66. The molecule has 0 radical (unpaired) electrons. The monoisotopic (exact) mass is 360 g/mol. The first-order valence-electron chi connectivity index (χ1n) is 9.29. The number of aromatic nitrogens is 3. The number of hydrogen-bond acceptors (Lipinski definition) is 4. The first-order chi connectivity index (χ1) is 12.9. The van der Waals surface area contributed by atoms with Gasteiger partial charge in [-0.15, -0.1) is 0 Å². The summed E-state index contributed by atoms with van der Waals surface area (Å²) in [6.45, 7) is 7.85. The van der Waals surface area contributed by atoms with Crippen LogP contribution in [0.1, 0.15) is 49.1 Å². The highest BCUT2D eigenvalue weighted by Crippen LogP contribution is 2.29. The highest BCUT2D eigenvalue weighted by molar-refractivity contribution is 5.80. The molecule has 1 unspecified atom stereocenters. The number of nitrogens with zero attached hydrogens (tertiary/aromatic N) is 3. The Morgan fingerprint density at radius 1 is 1.15 bits per heavy atom. The van der Waals surface area contributed by atoms with E-state index in [0.29, 0.717) is 18.7 Å². The lowest BCUT2D eigenvalue weighted by Crippen LogP contribution is -2.25. The first kappa shape index (κ1) is 18.8. The third-order valence-electron chi connectivity index (χ3n) is 5.02. The molecular formula is C22H24N4O. The van der Waals surface area contributed by atoms with Gasteiger partial charge in [-0.1, -0.05) is 26.0 Å². The molecule has 0 aliphatic rings. The number of nitrogens with one attached hydrogen (secondary N) is 1. The highest BCUT2D eigenvalue weighted by Gasteiger charge is 2.29. The third kappa shape index (κ3) is 3.75. The Morgan fingerprint density at radius 2 is 1.93 bits per heavy atom. The zero-order chi connectivity index (χ0) is 19.6. The van der Waals surface area contributed by atoms with Crippen LogP contribution in [0, 0.1) is 18.3 Å². The Morgan fingerprint density at radius 3 is 2.59 bits per heavy atom. The van der Waals surface area contributed by atoms with E-state index in [4.69, 9.17) is 0 Å². The van der Waals surface area contributed by atoms with Crippen molar-refractivity contribution < 1.29 is 0 Å². The van der Waals surface area contributed by atoms with E-state index >= 15 is 0 Å². The molecule has 0 saturated heterocycles. The maximum Gasteiger partial charge on any atom is 0.251 e. The number of aryl methyl sites for hydroxylation is 3. The summed E-state index contributed by atoms with van der Waals surface area (Å²) in [6.07, 6.45) is 1.94. The molecule has 5 heteroatoms. The van der Waals surface area contributed by atoms with E-state index in [0.717, 1.165) is 39.8 Å². The van der Waals surface area contributed by atoms with Crippen molar-refractivity contribution in [3.8, 4) is 6.07 Å². The number of H-pyrrole nitrogens is 1. The summed E-state index contributed by atoms with van der Waals surface area (Å²) in [5.74, 6) is 0.672. The minimum absolute atomic E-state index is 0.0737. The Hall–Kier alpha value is -3.00. The summed E-state index contributed by atoms with van der Waals surface area (Å²) in [6, 6.07) is 12.1. The summed E-state index contributed by atoms with van der Waals surface area (Å²) in [4.78, 5) is 24.2. The van der Waals surface area contributed by atoms with E-state index in [2.05, 4.69) is 27.9 Å². The van der Waals surface area contributed by atoms with Crippen LogP contribution in [0.4, 0.5) is 0 Å². The summed E-state index contributed by atoms with van der Waals surface area (Å²) >= 11 is 0. The predicted octanol–water partition coefficient (Wildman–Crippen LogP) is 3.78. The van der Waals surface area contributed by atoms with Gasteiger partial charge in [0.1, 0.15) is 5.82 Å². The number of fused-ring (bicyclic) bond motifs is 1. The van der Waals surface area contributed by atoms with Crippen LogP contribution >= 0.6 is 0 Å². The minimum Gasteiger partial charge on any atom is -0.322 e. The van der Waals surface area contributed by atoms with Crippen LogP contribution in [0.15, 0.2) is 35.1 Å². The van der Waals surface area contributed by atoms with Gasteiger partial charge in [-0.05, 0) is 55.8 Å². The van der Waals surface area contributed by atoms with Gasteiger partial charge in [0.05, 0.1) is 11.5 Å². The standard InChI is InChI=1S/C22H24N4O/c1-5-15-10-16-7-8-17(11-19(16)26-21(15)27)22(4,13-23)12-20-24-14(3)9-18(6-2)25-20/h7-11H,5-6,12H2,1-4H3,(H,26,27). The van der Waals surface area contributed by atoms with Crippen molar-refractivity contribution in [2.45, 2.75) is 52.4 Å². The van der Waals surface area contributed by atoms with Gasteiger partial charge < -0.3 is 4.98 Å². The number of nitriles is 1. The van der Waals surface area contributed by atoms with Crippen molar-refractivity contribution in [2.24, 2.45) is 0 Å². The SMILES string of the molecule is CCc1cc(C)nc(CC(C)(C#N)c2ccc3cc(CC)c(=O)[nH]c3c2)n1. The van der Waals surface area contributed by atoms with E-state index in [1.165, 1.54) is 0 Å². The van der Waals surface area contributed by atoms with Gasteiger partial charge in [0.2, 0.25) is 0 Å². The Kier molecular flexibility index (Phi) is 5.09. The van der Waals surface area contributed by atoms with E-state index in [-0.39, 0.29) is 5.56 Å². The summed E-state index contributed by atoms with van der Waals surface area (Å²) in [5, 5.41) is 10.9. The zero-order valence-corrected chi connectivity index (χ0v) is 16.3. The van der Waals surface area contributed by atoms with Crippen LogP contribution in [0.2, 0.25) is 0 Å². The lowest BCUT2D eigenvalue weighted by Gasteiger charge is -2.22. The van der Waals surface area contributed by atoms with Crippen molar-refractivity contribution in [3.05, 3.63) is 69.0 Å². The van der Waals surface area contributed by atoms with Crippen molar-refractivity contribution in [1.82, 2.24) is 15.0 Å².